The maximum absolute atomic E-state index is 13.7. The molecule has 3 aliphatic heterocycles. The number of terminal acetylenes is 1. The number of esters is 2. The Balaban J connectivity index is 1.17. The topological polar surface area (TPSA) is 128 Å². The van der Waals surface area contributed by atoms with Gasteiger partial charge in [0.2, 0.25) is 0 Å². The Bertz CT molecular complexity index is 2260. The van der Waals surface area contributed by atoms with Gasteiger partial charge in [-0.05, 0) is 116 Å². The molecule has 2 unspecified atom stereocenters. The molecule has 2 aromatic heterocycles. The van der Waals surface area contributed by atoms with Crippen LogP contribution in [0.25, 0.3) is 17.7 Å². The number of H-pyrrole nitrogens is 2. The second-order valence-corrected chi connectivity index (χ2v) is 20.6. The van der Waals surface area contributed by atoms with Gasteiger partial charge in [-0.25, -0.2) is 0 Å². The molecule has 9 nitrogen and oxygen atoms in total. The fourth-order valence-electron chi connectivity index (χ4n) is 11.2. The van der Waals surface area contributed by atoms with Crippen molar-refractivity contribution in [3.05, 3.63) is 73.1 Å². The van der Waals surface area contributed by atoms with Crippen molar-refractivity contribution in [2.24, 2.45) is 47.3 Å². The molecule has 2 aromatic rings. The summed E-state index contributed by atoms with van der Waals surface area (Å²) < 4.78 is 11.3. The quantitative estimate of drug-likeness (QED) is 0.0662. The van der Waals surface area contributed by atoms with Gasteiger partial charge in [-0.1, -0.05) is 112 Å². The van der Waals surface area contributed by atoms with Crippen LogP contribution in [0.15, 0.2) is 28.7 Å². The summed E-state index contributed by atoms with van der Waals surface area (Å²) in [6.07, 6.45) is 25.6. The van der Waals surface area contributed by atoms with Gasteiger partial charge in [0.05, 0.1) is 31.8 Å². The monoisotopic (exact) mass is 877 g/mol. The van der Waals surface area contributed by atoms with Gasteiger partial charge in [0.25, 0.3) is 0 Å². The normalized spacial score (nSPS) is 25.9. The number of aliphatic hydroxyl groups is 1. The average Bonchev–Trinajstić information content (AvgIpc) is 3.99. The molecule has 9 atom stereocenters. The van der Waals surface area contributed by atoms with Crippen molar-refractivity contribution in [1.29, 1.82) is 0 Å². The van der Waals surface area contributed by atoms with Gasteiger partial charge in [0, 0.05) is 57.1 Å². The smallest absolute Gasteiger partial charge is 0.315 e. The fourth-order valence-corrected chi connectivity index (χ4v) is 11.2. The number of fused-ring (bicyclic) bond motifs is 8. The van der Waals surface area contributed by atoms with Crippen LogP contribution in [0.5, 0.6) is 0 Å². The molecule has 0 saturated carbocycles. The van der Waals surface area contributed by atoms with Gasteiger partial charge < -0.3 is 35.2 Å². The van der Waals surface area contributed by atoms with E-state index < -0.39 is 18.0 Å². The number of aliphatic hydroxyl groups excluding tert-OH is 1. The number of hydrogen-bond acceptors (Lipinski definition) is 7. The molecule has 64 heavy (non-hydrogen) atoms. The molecule has 1 saturated heterocycles. The maximum Gasteiger partial charge on any atom is 0.315 e. The predicted molar refractivity (Wildman–Crippen MR) is 260 cm³/mol. The number of ether oxygens (including phenoxy) is 2. The van der Waals surface area contributed by atoms with Crippen LogP contribution in [-0.4, -0.2) is 46.8 Å². The minimum atomic E-state index is -1.09. The Hall–Kier alpha value is -4.42. The van der Waals surface area contributed by atoms with Gasteiger partial charge >= 0.3 is 11.9 Å². The first-order valence-electron chi connectivity index (χ1n) is 24.8. The van der Waals surface area contributed by atoms with Crippen LogP contribution < -0.4 is 21.3 Å². The fraction of sp³-hybridized carbons (Fsp3) is 0.636. The van der Waals surface area contributed by atoms with E-state index >= 15 is 0 Å². The van der Waals surface area contributed by atoms with Crippen LogP contribution in [-0.2, 0) is 25.5 Å². The van der Waals surface area contributed by atoms with Gasteiger partial charge in [-0.3, -0.25) is 9.59 Å². The Morgan fingerprint density at radius 1 is 0.844 bits per heavy atom. The Labute approximate surface area is 384 Å². The van der Waals surface area contributed by atoms with Crippen LogP contribution in [0.4, 0.5) is 0 Å². The summed E-state index contributed by atoms with van der Waals surface area (Å²) in [6.45, 7) is 22.7. The average molecular weight is 877 g/mol. The van der Waals surface area contributed by atoms with Crippen LogP contribution in [0.3, 0.4) is 0 Å². The van der Waals surface area contributed by atoms with Crippen LogP contribution in [0.1, 0.15) is 172 Å². The molecule has 0 amide bonds. The first-order chi connectivity index (χ1) is 30.6. The molecule has 0 aromatic carbocycles. The number of hydrogen-bond donors (Lipinski definition) is 5. The van der Waals surface area contributed by atoms with Gasteiger partial charge in [-0.2, -0.15) is 0 Å². The van der Waals surface area contributed by atoms with E-state index in [0.29, 0.717) is 24.5 Å². The Morgan fingerprint density at radius 3 is 2.09 bits per heavy atom. The van der Waals surface area contributed by atoms with Crippen LogP contribution >= 0.6 is 0 Å². The molecule has 1 aliphatic carbocycles. The zero-order valence-corrected chi connectivity index (χ0v) is 41.1. The molecular weight excluding hydrogens is 797 g/mol. The lowest BCUT2D eigenvalue weighted by molar-refractivity contribution is -0.147. The number of carbonyl (C=O) groups is 2. The van der Waals surface area contributed by atoms with Crippen molar-refractivity contribution in [2.45, 2.75) is 165 Å². The summed E-state index contributed by atoms with van der Waals surface area (Å²) in [5, 5.41) is 21.1. The van der Waals surface area contributed by atoms with Crippen molar-refractivity contribution in [3.8, 4) is 12.3 Å². The molecule has 0 radical (unpaired) electrons. The largest absolute Gasteiger partial charge is 0.468 e. The number of nitrogens with one attached hydrogen (secondary N) is 4. The predicted octanol–water partition coefficient (Wildman–Crippen LogP) is 9.72. The molecule has 9 heteroatoms. The van der Waals surface area contributed by atoms with E-state index in [2.05, 4.69) is 107 Å². The molecule has 8 bridgehead atoms. The van der Waals surface area contributed by atoms with E-state index in [9.17, 15) is 14.7 Å². The lowest BCUT2D eigenvalue weighted by atomic mass is 9.80. The van der Waals surface area contributed by atoms with Crippen molar-refractivity contribution in [2.75, 3.05) is 13.7 Å². The number of aromatic nitrogens is 2. The van der Waals surface area contributed by atoms with E-state index in [4.69, 9.17) is 15.9 Å². The van der Waals surface area contributed by atoms with E-state index in [1.165, 1.54) is 64.0 Å². The highest BCUT2D eigenvalue weighted by molar-refractivity contribution is 5.88. The maximum atomic E-state index is 13.7. The van der Waals surface area contributed by atoms with E-state index in [-0.39, 0.29) is 36.2 Å². The van der Waals surface area contributed by atoms with Crippen molar-refractivity contribution in [1.82, 2.24) is 20.6 Å². The molecule has 0 spiro atoms. The van der Waals surface area contributed by atoms with Crippen molar-refractivity contribution >= 4 is 29.7 Å². The summed E-state index contributed by atoms with van der Waals surface area (Å²) in [5.74, 6) is 3.95. The first-order valence-corrected chi connectivity index (χ1v) is 24.8. The minimum Gasteiger partial charge on any atom is -0.468 e. The summed E-state index contributed by atoms with van der Waals surface area (Å²) in [6, 6.07) is -0.375. The summed E-state index contributed by atoms with van der Waals surface area (Å²) in [5.41, 5.74) is 10.6. The van der Waals surface area contributed by atoms with Crippen LogP contribution in [0, 0.1) is 73.5 Å². The number of rotatable bonds is 20. The van der Waals surface area contributed by atoms with Gasteiger partial charge in [0.1, 0.15) is 5.92 Å². The second-order valence-electron chi connectivity index (χ2n) is 20.6. The third-order valence-electron chi connectivity index (χ3n) is 15.4. The lowest BCUT2D eigenvalue weighted by Gasteiger charge is -2.27. The number of methoxy groups -OCH3 is 1. The molecular formula is C55H80N4O5. The Kier molecular flexibility index (Phi) is 16.6. The Morgan fingerprint density at radius 2 is 1.48 bits per heavy atom. The molecule has 5 heterocycles. The number of carbonyl (C=O) groups excluding carboxylic acids is 2. The highest BCUT2D eigenvalue weighted by Gasteiger charge is 2.49. The van der Waals surface area contributed by atoms with Crippen molar-refractivity contribution in [3.63, 3.8) is 0 Å². The van der Waals surface area contributed by atoms with Crippen LogP contribution in [0.2, 0.25) is 0 Å². The van der Waals surface area contributed by atoms with E-state index in [1.54, 1.807) is 0 Å². The zero-order valence-electron chi connectivity index (χ0n) is 41.1. The number of aromatic amines is 2. The SMILES string of the molecule is C#C[C@@H]1C(C)=C2/C=C3\NC(C4=c5[nH]/c(c(C)c5[C@H](O)[C@@H]4C(=O)OC)=C\c4[nH]c(c(C)c4CC)/C=C/1N2)[C@@H](CCC(=O)OCCC(C)CCC[C@@H](C)CCC[C@H](C)CCCC(C)C)[C@@H]3C. The van der Waals surface area contributed by atoms with E-state index in [0.717, 1.165) is 98.5 Å². The van der Waals surface area contributed by atoms with Crippen molar-refractivity contribution < 1.29 is 24.2 Å². The minimum absolute atomic E-state index is 0.0255. The molecule has 4 aliphatic rings. The van der Waals surface area contributed by atoms with E-state index in [1.807, 2.05) is 6.92 Å². The first kappa shape index (κ1) is 49.0. The third-order valence-corrected chi connectivity index (χ3v) is 15.4. The summed E-state index contributed by atoms with van der Waals surface area (Å²) >= 11 is 0. The third kappa shape index (κ3) is 10.8. The molecule has 6 rings (SSSR count). The van der Waals surface area contributed by atoms with Gasteiger partial charge in [-0.15, -0.1) is 6.42 Å². The zero-order chi connectivity index (χ0) is 46.4. The lowest BCUT2D eigenvalue weighted by Crippen LogP contribution is -2.37. The standard InChI is InChI=1S/C55H80N4O5/c1-13-39-35(8)42-28-44-37(10)41(24-25-48(60)64-27-26-34(7)23-17-22-33(6)21-16-20-32(5)19-15-18-31(3)4)52(58-44)50-51(55(62)63-12)54(61)49-38(11)45(59-53(49)50)30-47-40(14-2)36(9)43(57-47)29-46(39)56-42/h1,28-34,37,39,41,51-52,54,56-59,61H,14-27H2,2-12H3/b44-28-,45-30-,46-29-/t32-,33+,34?,37+,39-,41+,51-,52?,54+/m1/s1. The molecule has 350 valence electrons. The highest BCUT2D eigenvalue weighted by Crippen LogP contribution is 2.45. The molecule has 5 N–H and O–H groups in total. The summed E-state index contributed by atoms with van der Waals surface area (Å²) in [7, 11) is 1.37. The molecule has 1 fully saturated rings. The summed E-state index contributed by atoms with van der Waals surface area (Å²) in [4.78, 5) is 34.5. The highest BCUT2D eigenvalue weighted by atomic mass is 16.5. The van der Waals surface area contributed by atoms with Gasteiger partial charge in [0.15, 0.2) is 0 Å². The number of allylic oxidation sites excluding steroid dienone is 3. The second kappa shape index (κ2) is 21.7.